The highest BCUT2D eigenvalue weighted by Crippen LogP contribution is 2.16. The van der Waals surface area contributed by atoms with Crippen LogP contribution < -0.4 is 20.7 Å². The molecule has 150 valence electrons. The number of nitrogens with zero attached hydrogens (tertiary/aromatic N) is 1. The van der Waals surface area contributed by atoms with E-state index in [4.69, 9.17) is 16.3 Å². The molecule has 0 saturated carbocycles. The molecule has 0 bridgehead atoms. The summed E-state index contributed by atoms with van der Waals surface area (Å²) in [6.45, 7) is 5.69. The van der Waals surface area contributed by atoms with Crippen LogP contribution in [-0.2, 0) is 6.54 Å². The van der Waals surface area contributed by atoms with E-state index in [0.29, 0.717) is 36.2 Å². The Kier molecular flexibility index (Phi) is 8.62. The molecule has 0 spiro atoms. The highest BCUT2D eigenvalue weighted by Gasteiger charge is 2.07. The van der Waals surface area contributed by atoms with Crippen molar-refractivity contribution in [3.8, 4) is 5.75 Å². The second-order valence-corrected chi connectivity index (χ2v) is 6.68. The lowest BCUT2D eigenvalue weighted by Crippen LogP contribution is -2.41. The van der Waals surface area contributed by atoms with Crippen LogP contribution >= 0.6 is 11.6 Å². The van der Waals surface area contributed by atoms with Crippen LogP contribution in [0.15, 0.2) is 53.5 Å². The SMILES string of the molecule is CCNC(=O)c1ccc(CNC(=NC)NCC(C)Oc2ccc(Cl)cc2)cc1. The smallest absolute Gasteiger partial charge is 0.251 e. The number of halogens is 1. The molecule has 0 aliphatic heterocycles. The second kappa shape index (κ2) is 11.2. The van der Waals surface area contributed by atoms with E-state index in [0.717, 1.165) is 11.3 Å². The number of carbonyl (C=O) groups excluding carboxylic acids is 1. The molecule has 6 nitrogen and oxygen atoms in total. The number of ether oxygens (including phenoxy) is 1. The van der Waals surface area contributed by atoms with E-state index in [1.165, 1.54) is 0 Å². The molecule has 1 atom stereocenters. The van der Waals surface area contributed by atoms with E-state index in [-0.39, 0.29) is 12.0 Å². The molecule has 0 aliphatic carbocycles. The van der Waals surface area contributed by atoms with Gasteiger partial charge in [0.05, 0.1) is 6.54 Å². The van der Waals surface area contributed by atoms with Crippen molar-refractivity contribution in [1.29, 1.82) is 0 Å². The van der Waals surface area contributed by atoms with Gasteiger partial charge in [0.25, 0.3) is 5.91 Å². The minimum atomic E-state index is -0.0610. The van der Waals surface area contributed by atoms with Crippen LogP contribution in [0.4, 0.5) is 0 Å². The average Bonchev–Trinajstić information content (AvgIpc) is 2.70. The Labute approximate surface area is 171 Å². The Morgan fingerprint density at radius 1 is 1.07 bits per heavy atom. The third-order valence-electron chi connectivity index (χ3n) is 3.94. The molecule has 0 aromatic heterocycles. The fourth-order valence-electron chi connectivity index (χ4n) is 2.47. The highest BCUT2D eigenvalue weighted by molar-refractivity contribution is 6.30. The first-order chi connectivity index (χ1) is 13.5. The zero-order valence-electron chi connectivity index (χ0n) is 16.5. The lowest BCUT2D eigenvalue weighted by molar-refractivity contribution is 0.0956. The van der Waals surface area contributed by atoms with Gasteiger partial charge in [-0.1, -0.05) is 23.7 Å². The molecule has 1 unspecified atom stereocenters. The topological polar surface area (TPSA) is 74.8 Å². The molecule has 1 amide bonds. The maximum absolute atomic E-state index is 11.8. The van der Waals surface area contributed by atoms with Crippen molar-refractivity contribution < 1.29 is 9.53 Å². The van der Waals surface area contributed by atoms with E-state index < -0.39 is 0 Å². The van der Waals surface area contributed by atoms with Crippen LogP contribution in [0, 0.1) is 0 Å². The van der Waals surface area contributed by atoms with Crippen LogP contribution in [-0.4, -0.2) is 38.1 Å². The number of amides is 1. The number of carbonyl (C=O) groups is 1. The number of rotatable bonds is 8. The normalized spacial score (nSPS) is 12.2. The van der Waals surface area contributed by atoms with Crippen LogP contribution in [0.3, 0.4) is 0 Å². The van der Waals surface area contributed by atoms with Gasteiger partial charge in [0.2, 0.25) is 0 Å². The van der Waals surface area contributed by atoms with E-state index >= 15 is 0 Å². The molecule has 28 heavy (non-hydrogen) atoms. The minimum absolute atomic E-state index is 0.0453. The van der Waals surface area contributed by atoms with E-state index in [1.807, 2.05) is 50.2 Å². The van der Waals surface area contributed by atoms with Crippen molar-refractivity contribution in [3.63, 3.8) is 0 Å². The summed E-state index contributed by atoms with van der Waals surface area (Å²) in [4.78, 5) is 16.0. The Balaban J connectivity index is 1.77. The molecule has 3 N–H and O–H groups in total. The Morgan fingerprint density at radius 3 is 2.36 bits per heavy atom. The summed E-state index contributed by atoms with van der Waals surface area (Å²) in [5.74, 6) is 1.39. The third-order valence-corrected chi connectivity index (χ3v) is 4.20. The van der Waals surface area contributed by atoms with E-state index in [1.54, 1.807) is 19.2 Å². The van der Waals surface area contributed by atoms with Crippen molar-refractivity contribution in [2.24, 2.45) is 4.99 Å². The van der Waals surface area contributed by atoms with Crippen molar-refractivity contribution in [1.82, 2.24) is 16.0 Å². The first-order valence-electron chi connectivity index (χ1n) is 9.25. The van der Waals surface area contributed by atoms with Gasteiger partial charge in [-0.25, -0.2) is 0 Å². The minimum Gasteiger partial charge on any atom is -0.489 e. The number of guanidine groups is 1. The standard InChI is InChI=1S/C21H27ClN4O2/c1-4-24-20(27)17-7-5-16(6-8-17)14-26-21(23-3)25-13-15(2)28-19-11-9-18(22)10-12-19/h5-12,15H,4,13-14H2,1-3H3,(H,24,27)(H2,23,25,26). The summed E-state index contributed by atoms with van der Waals surface area (Å²) < 4.78 is 5.84. The molecule has 0 radical (unpaired) electrons. The summed E-state index contributed by atoms with van der Waals surface area (Å²) in [5, 5.41) is 9.96. The highest BCUT2D eigenvalue weighted by atomic mass is 35.5. The van der Waals surface area contributed by atoms with Gasteiger partial charge in [-0.3, -0.25) is 9.79 Å². The van der Waals surface area contributed by atoms with Gasteiger partial charge < -0.3 is 20.7 Å². The van der Waals surface area contributed by atoms with Crippen molar-refractivity contribution in [2.45, 2.75) is 26.5 Å². The predicted molar refractivity (Wildman–Crippen MR) is 114 cm³/mol. The number of benzene rings is 2. The molecule has 2 aromatic carbocycles. The maximum Gasteiger partial charge on any atom is 0.251 e. The van der Waals surface area contributed by atoms with Crippen LogP contribution in [0.2, 0.25) is 5.02 Å². The van der Waals surface area contributed by atoms with Crippen LogP contribution in [0.25, 0.3) is 0 Å². The monoisotopic (exact) mass is 402 g/mol. The lowest BCUT2D eigenvalue weighted by Gasteiger charge is -2.18. The molecule has 2 rings (SSSR count). The van der Waals surface area contributed by atoms with Crippen molar-refractivity contribution >= 4 is 23.5 Å². The van der Waals surface area contributed by atoms with Gasteiger partial charge in [-0.15, -0.1) is 0 Å². The Hall–Kier alpha value is -2.73. The van der Waals surface area contributed by atoms with Crippen LogP contribution in [0.1, 0.15) is 29.8 Å². The van der Waals surface area contributed by atoms with Gasteiger partial charge in [0.1, 0.15) is 11.9 Å². The summed E-state index contributed by atoms with van der Waals surface area (Å²) in [5.41, 5.74) is 1.71. The predicted octanol–water partition coefficient (Wildman–Crippen LogP) is 3.22. The summed E-state index contributed by atoms with van der Waals surface area (Å²) in [7, 11) is 1.72. The van der Waals surface area contributed by atoms with Crippen molar-refractivity contribution in [3.05, 3.63) is 64.7 Å². The quantitative estimate of drug-likeness (QED) is 0.468. The number of hydrogen-bond acceptors (Lipinski definition) is 3. The molecular formula is C21H27ClN4O2. The van der Waals surface area contributed by atoms with E-state index in [9.17, 15) is 4.79 Å². The zero-order valence-corrected chi connectivity index (χ0v) is 17.2. The van der Waals surface area contributed by atoms with Gasteiger partial charge >= 0.3 is 0 Å². The fraction of sp³-hybridized carbons (Fsp3) is 0.333. The molecule has 0 heterocycles. The lowest BCUT2D eigenvalue weighted by atomic mass is 10.1. The Bertz CT molecular complexity index is 776. The van der Waals surface area contributed by atoms with Crippen LogP contribution in [0.5, 0.6) is 5.75 Å². The largest absolute Gasteiger partial charge is 0.489 e. The summed E-state index contributed by atoms with van der Waals surface area (Å²) in [6.07, 6.45) is -0.0453. The van der Waals surface area contributed by atoms with Gasteiger partial charge in [-0.2, -0.15) is 0 Å². The fourth-order valence-corrected chi connectivity index (χ4v) is 2.60. The molecule has 0 aliphatic rings. The van der Waals surface area contributed by atoms with Crippen molar-refractivity contribution in [2.75, 3.05) is 20.1 Å². The Morgan fingerprint density at radius 2 is 1.75 bits per heavy atom. The van der Waals surface area contributed by atoms with Gasteiger partial charge in [0, 0.05) is 30.7 Å². The maximum atomic E-state index is 11.8. The van der Waals surface area contributed by atoms with Gasteiger partial charge in [-0.05, 0) is 55.8 Å². The average molecular weight is 403 g/mol. The zero-order chi connectivity index (χ0) is 20.4. The molecule has 7 heteroatoms. The number of hydrogen-bond donors (Lipinski definition) is 3. The summed E-state index contributed by atoms with van der Waals surface area (Å²) >= 11 is 5.88. The number of nitrogens with one attached hydrogen (secondary N) is 3. The molecule has 0 saturated heterocycles. The first kappa shape index (κ1) is 21.6. The summed E-state index contributed by atoms with van der Waals surface area (Å²) in [6, 6.07) is 14.8. The van der Waals surface area contributed by atoms with Gasteiger partial charge in [0.15, 0.2) is 5.96 Å². The van der Waals surface area contributed by atoms with E-state index in [2.05, 4.69) is 20.9 Å². The third kappa shape index (κ3) is 7.12. The second-order valence-electron chi connectivity index (χ2n) is 6.25. The molecule has 0 fully saturated rings. The first-order valence-corrected chi connectivity index (χ1v) is 9.63. The number of aliphatic imine (C=N–C) groups is 1. The molecule has 2 aromatic rings. The molecular weight excluding hydrogens is 376 g/mol.